The van der Waals surface area contributed by atoms with Crippen LogP contribution in [0.4, 0.5) is 0 Å². The highest BCUT2D eigenvalue weighted by atomic mass is 32.1. The molecule has 1 aliphatic rings. The van der Waals surface area contributed by atoms with E-state index in [1.54, 1.807) is 6.07 Å². The lowest BCUT2D eigenvalue weighted by Crippen LogP contribution is -2.20. The van der Waals surface area contributed by atoms with Gasteiger partial charge in [0.25, 0.3) is 0 Å². The summed E-state index contributed by atoms with van der Waals surface area (Å²) in [6.07, 6.45) is 4.22. The number of carboxylic acids is 1. The maximum absolute atomic E-state index is 11.2. The van der Waals surface area contributed by atoms with E-state index in [4.69, 9.17) is 18.0 Å². The number of aryl methyl sites for hydroxylation is 1. The van der Waals surface area contributed by atoms with Crippen molar-refractivity contribution in [2.24, 2.45) is 5.73 Å². The molecule has 3 N–H and O–H groups in total. The average Bonchev–Trinajstić information content (AvgIpc) is 2.25. The second kappa shape index (κ2) is 5.06. The molecular weight excluding hydrogens is 246 g/mol. The number of carbonyl (C=O) groups is 1. The van der Waals surface area contributed by atoms with Crippen molar-refractivity contribution in [1.29, 1.82) is 0 Å². The Bertz CT molecular complexity index is 507. The summed E-state index contributed by atoms with van der Waals surface area (Å²) < 4.78 is 0. The quantitative estimate of drug-likeness (QED) is 0.820. The van der Waals surface area contributed by atoms with Crippen molar-refractivity contribution >= 4 is 23.2 Å². The third-order valence-corrected chi connectivity index (χ3v) is 3.92. The molecule has 0 spiro atoms. The lowest BCUT2D eigenvalue weighted by atomic mass is 9.77. The number of hydrogen-bond donors (Lipinski definition) is 2. The summed E-state index contributed by atoms with van der Waals surface area (Å²) in [6, 6.07) is 3.64. The van der Waals surface area contributed by atoms with Crippen LogP contribution in [0, 0.1) is 0 Å². The normalized spacial score (nSPS) is 15.2. The van der Waals surface area contributed by atoms with Crippen LogP contribution in [-0.4, -0.2) is 16.1 Å². The Morgan fingerprint density at radius 1 is 1.44 bits per heavy atom. The minimum Gasteiger partial charge on any atom is -0.478 e. The number of rotatable bonds is 4. The Kier molecular flexibility index (Phi) is 3.66. The topological polar surface area (TPSA) is 63.3 Å². The summed E-state index contributed by atoms with van der Waals surface area (Å²) >= 11 is 5.05. The molecule has 1 saturated carbocycles. The fraction of sp³-hybridized carbons (Fsp3) is 0.429. The number of benzene rings is 1. The molecule has 3 nitrogen and oxygen atoms in total. The fourth-order valence-corrected chi connectivity index (χ4v) is 2.60. The zero-order chi connectivity index (χ0) is 13.3. The van der Waals surface area contributed by atoms with E-state index in [0.29, 0.717) is 22.9 Å². The minimum absolute atomic E-state index is 0.294. The van der Waals surface area contributed by atoms with Crippen LogP contribution < -0.4 is 5.73 Å². The monoisotopic (exact) mass is 263 g/mol. The molecule has 1 aromatic rings. The molecule has 4 heteroatoms. The van der Waals surface area contributed by atoms with E-state index in [1.807, 2.05) is 13.0 Å². The standard InChI is InChI=1S/C14H17NO2S/c1-2-8-6-10(9-4-3-5-9)12(13(15)18)7-11(8)14(16)17/h6-7,9H,2-5H2,1H3,(H2,15,18)(H,16,17). The summed E-state index contributed by atoms with van der Waals surface area (Å²) in [5, 5.41) is 9.22. The summed E-state index contributed by atoms with van der Waals surface area (Å²) in [7, 11) is 0. The second-order valence-corrected chi connectivity index (χ2v) is 5.19. The molecule has 96 valence electrons. The smallest absolute Gasteiger partial charge is 0.335 e. The van der Waals surface area contributed by atoms with Crippen molar-refractivity contribution in [3.8, 4) is 0 Å². The molecule has 0 aliphatic heterocycles. The van der Waals surface area contributed by atoms with E-state index in [-0.39, 0.29) is 0 Å². The lowest BCUT2D eigenvalue weighted by Gasteiger charge is -2.28. The number of aromatic carboxylic acids is 1. The van der Waals surface area contributed by atoms with Crippen molar-refractivity contribution in [2.75, 3.05) is 0 Å². The van der Waals surface area contributed by atoms with Crippen LogP contribution >= 0.6 is 12.2 Å². The Hall–Kier alpha value is -1.42. The van der Waals surface area contributed by atoms with Crippen LogP contribution in [0.2, 0.25) is 0 Å². The minimum atomic E-state index is -0.912. The van der Waals surface area contributed by atoms with E-state index in [2.05, 4.69) is 0 Å². The van der Waals surface area contributed by atoms with E-state index >= 15 is 0 Å². The van der Waals surface area contributed by atoms with Gasteiger partial charge < -0.3 is 10.8 Å². The molecule has 0 unspecified atom stereocenters. The molecular formula is C14H17NO2S. The van der Waals surface area contributed by atoms with Gasteiger partial charge in [-0.3, -0.25) is 0 Å². The van der Waals surface area contributed by atoms with E-state index in [1.165, 1.54) is 6.42 Å². The van der Waals surface area contributed by atoms with Crippen molar-refractivity contribution in [2.45, 2.75) is 38.5 Å². The van der Waals surface area contributed by atoms with Gasteiger partial charge >= 0.3 is 5.97 Å². The Labute approximate surface area is 112 Å². The van der Waals surface area contributed by atoms with E-state index < -0.39 is 5.97 Å². The maximum Gasteiger partial charge on any atom is 0.335 e. The highest BCUT2D eigenvalue weighted by molar-refractivity contribution is 7.80. The van der Waals surface area contributed by atoms with Gasteiger partial charge in [-0.05, 0) is 42.4 Å². The molecule has 18 heavy (non-hydrogen) atoms. The van der Waals surface area contributed by atoms with Gasteiger partial charge in [0.2, 0.25) is 0 Å². The van der Waals surface area contributed by atoms with Gasteiger partial charge in [-0.1, -0.05) is 31.6 Å². The van der Waals surface area contributed by atoms with E-state index in [9.17, 15) is 9.90 Å². The molecule has 1 aliphatic carbocycles. The average molecular weight is 263 g/mol. The Balaban J connectivity index is 2.57. The predicted octanol–water partition coefficient (Wildman–Crippen LogP) is 2.85. The molecule has 0 aromatic heterocycles. The zero-order valence-electron chi connectivity index (χ0n) is 10.4. The van der Waals surface area contributed by atoms with Crippen LogP contribution in [-0.2, 0) is 6.42 Å². The van der Waals surface area contributed by atoms with Crippen LogP contribution in [0.1, 0.15) is 59.2 Å². The first-order valence-corrected chi connectivity index (χ1v) is 6.65. The van der Waals surface area contributed by atoms with Gasteiger partial charge in [-0.15, -0.1) is 0 Å². The van der Waals surface area contributed by atoms with Crippen LogP contribution in [0.3, 0.4) is 0 Å². The molecule has 1 aromatic carbocycles. The fourth-order valence-electron chi connectivity index (χ4n) is 2.43. The number of nitrogens with two attached hydrogens (primary N) is 1. The predicted molar refractivity (Wildman–Crippen MR) is 75.3 cm³/mol. The van der Waals surface area contributed by atoms with Gasteiger partial charge in [0, 0.05) is 5.56 Å². The van der Waals surface area contributed by atoms with Crippen LogP contribution in [0.5, 0.6) is 0 Å². The number of thiocarbonyl (C=S) groups is 1. The lowest BCUT2D eigenvalue weighted by molar-refractivity contribution is 0.0695. The molecule has 0 atom stereocenters. The van der Waals surface area contributed by atoms with Crippen LogP contribution in [0.15, 0.2) is 12.1 Å². The highest BCUT2D eigenvalue weighted by Gasteiger charge is 2.25. The van der Waals surface area contributed by atoms with Crippen LogP contribution in [0.25, 0.3) is 0 Å². The zero-order valence-corrected chi connectivity index (χ0v) is 11.2. The third-order valence-electron chi connectivity index (χ3n) is 3.70. The summed E-state index contributed by atoms with van der Waals surface area (Å²) in [5.74, 6) is -0.417. The number of hydrogen-bond acceptors (Lipinski definition) is 2. The molecule has 1 fully saturated rings. The van der Waals surface area contributed by atoms with Gasteiger partial charge in [0.15, 0.2) is 0 Å². The first-order chi connectivity index (χ1) is 8.54. The first-order valence-electron chi connectivity index (χ1n) is 6.24. The molecule has 0 amide bonds. The number of carboxylic acid groups (broad SMARTS) is 1. The molecule has 0 bridgehead atoms. The highest BCUT2D eigenvalue weighted by Crippen LogP contribution is 2.39. The van der Waals surface area contributed by atoms with Crippen molar-refractivity contribution < 1.29 is 9.90 Å². The third kappa shape index (κ3) is 2.25. The van der Waals surface area contributed by atoms with Gasteiger partial charge in [-0.25, -0.2) is 4.79 Å². The largest absolute Gasteiger partial charge is 0.478 e. The summed E-state index contributed by atoms with van der Waals surface area (Å²) in [4.78, 5) is 11.5. The Morgan fingerprint density at radius 2 is 2.11 bits per heavy atom. The van der Waals surface area contributed by atoms with Crippen molar-refractivity contribution in [3.63, 3.8) is 0 Å². The second-order valence-electron chi connectivity index (χ2n) is 4.75. The Morgan fingerprint density at radius 3 is 2.50 bits per heavy atom. The molecule has 0 saturated heterocycles. The molecule has 0 radical (unpaired) electrons. The maximum atomic E-state index is 11.2. The summed E-state index contributed by atoms with van der Waals surface area (Å²) in [5.41, 5.74) is 8.79. The van der Waals surface area contributed by atoms with Crippen molar-refractivity contribution in [1.82, 2.24) is 0 Å². The summed E-state index contributed by atoms with van der Waals surface area (Å²) in [6.45, 7) is 1.97. The van der Waals surface area contributed by atoms with Gasteiger partial charge in [0.05, 0.1) is 5.56 Å². The SMILES string of the molecule is CCc1cc(C2CCC2)c(C(N)=S)cc1C(=O)O. The molecule has 0 heterocycles. The van der Waals surface area contributed by atoms with E-state index in [0.717, 1.165) is 29.5 Å². The van der Waals surface area contributed by atoms with Gasteiger partial charge in [0.1, 0.15) is 4.99 Å². The van der Waals surface area contributed by atoms with Crippen molar-refractivity contribution in [3.05, 3.63) is 34.4 Å². The van der Waals surface area contributed by atoms with Gasteiger partial charge in [-0.2, -0.15) is 0 Å². The molecule has 2 rings (SSSR count). The first kappa shape index (κ1) is 13.0.